The molecule has 33 heavy (non-hydrogen) atoms. The zero-order valence-corrected chi connectivity index (χ0v) is 19.3. The number of halogens is 3. The molecule has 1 aromatic heterocycles. The van der Waals surface area contributed by atoms with E-state index in [0.29, 0.717) is 17.5 Å². The van der Waals surface area contributed by atoms with Crippen LogP contribution in [0.4, 0.5) is 19.0 Å². The van der Waals surface area contributed by atoms with E-state index in [1.54, 1.807) is 11.9 Å². The summed E-state index contributed by atoms with van der Waals surface area (Å²) in [5.74, 6) is 1.37. The van der Waals surface area contributed by atoms with E-state index in [2.05, 4.69) is 27.0 Å². The summed E-state index contributed by atoms with van der Waals surface area (Å²) in [7, 11) is 1.69. The molecule has 1 saturated heterocycles. The summed E-state index contributed by atoms with van der Waals surface area (Å²) in [5.41, 5.74) is 0.533. The lowest BCUT2D eigenvalue weighted by Crippen LogP contribution is -2.62. The normalized spacial score (nSPS) is 17.0. The number of carbonyl (C=O) groups is 1. The van der Waals surface area contributed by atoms with Crippen LogP contribution in [0.15, 0.2) is 24.5 Å². The van der Waals surface area contributed by atoms with E-state index >= 15 is 0 Å². The number of hydrogen-bond donors (Lipinski definition) is 0. The minimum Gasteiger partial charge on any atom is -0.434 e. The molecular formula is C23H30F3N5O2. The van der Waals surface area contributed by atoms with Gasteiger partial charge in [-0.1, -0.05) is 6.92 Å². The third-order valence-corrected chi connectivity index (χ3v) is 6.10. The van der Waals surface area contributed by atoms with Crippen LogP contribution in [0.2, 0.25) is 0 Å². The number of anilines is 1. The van der Waals surface area contributed by atoms with E-state index < -0.39 is 12.2 Å². The van der Waals surface area contributed by atoms with E-state index in [1.807, 2.05) is 13.8 Å². The molecule has 1 aliphatic heterocycles. The molecule has 0 radical (unpaired) electrons. The lowest BCUT2D eigenvalue weighted by atomic mass is 9.58. The Balaban J connectivity index is 0.000000292. The molecule has 1 saturated carbocycles. The summed E-state index contributed by atoms with van der Waals surface area (Å²) in [4.78, 5) is 19.1. The second-order valence-electron chi connectivity index (χ2n) is 9.28. The van der Waals surface area contributed by atoms with Crippen LogP contribution in [0.3, 0.4) is 0 Å². The van der Waals surface area contributed by atoms with Crippen LogP contribution in [0.5, 0.6) is 11.6 Å². The number of rotatable bonds is 7. The number of nitrogens with zero attached hydrogens (tertiary/aromatic N) is 5. The van der Waals surface area contributed by atoms with Gasteiger partial charge in [0, 0.05) is 24.5 Å². The molecule has 0 amide bonds. The van der Waals surface area contributed by atoms with Gasteiger partial charge in [0.15, 0.2) is 12.1 Å². The number of carbonyl (C=O) groups excluding carboxylic acids is 1. The molecule has 1 spiro atoms. The molecule has 2 fully saturated rings. The zero-order valence-electron chi connectivity index (χ0n) is 19.3. The molecule has 0 N–H and O–H groups in total. The Hall–Kier alpha value is -2.75. The van der Waals surface area contributed by atoms with Crippen molar-refractivity contribution in [2.24, 2.45) is 11.3 Å². The Morgan fingerprint density at radius 3 is 2.55 bits per heavy atom. The highest BCUT2D eigenvalue weighted by Crippen LogP contribution is 2.53. The number of alkyl halides is 2. The van der Waals surface area contributed by atoms with Gasteiger partial charge in [0.1, 0.15) is 17.9 Å². The Morgan fingerprint density at radius 2 is 2.00 bits per heavy atom. The lowest BCUT2D eigenvalue weighted by molar-refractivity contribution is 0.0328. The summed E-state index contributed by atoms with van der Waals surface area (Å²) in [6.45, 7) is 7.78. The van der Waals surface area contributed by atoms with Gasteiger partial charge in [-0.05, 0) is 57.9 Å². The van der Waals surface area contributed by atoms with Crippen LogP contribution in [0, 0.1) is 17.2 Å². The minimum atomic E-state index is -2.21. The fraction of sp³-hybridized carbons (Fsp3) is 0.565. The van der Waals surface area contributed by atoms with E-state index in [-0.39, 0.29) is 29.8 Å². The molecule has 2 aromatic rings. The molecule has 0 atom stereocenters. The highest BCUT2D eigenvalue weighted by Gasteiger charge is 2.51. The Kier molecular flexibility index (Phi) is 7.88. The molecule has 10 heteroatoms. The lowest BCUT2D eigenvalue weighted by Gasteiger charge is -2.58. The van der Waals surface area contributed by atoms with Crippen molar-refractivity contribution >= 4 is 12.1 Å². The Bertz CT molecular complexity index is 945. The Morgan fingerprint density at radius 1 is 1.30 bits per heavy atom. The van der Waals surface area contributed by atoms with E-state index in [4.69, 9.17) is 4.74 Å². The second kappa shape index (κ2) is 10.5. The number of hydrogen-bond acceptors (Lipinski definition) is 7. The molecule has 7 nitrogen and oxygen atoms in total. The first kappa shape index (κ1) is 24.9. The van der Waals surface area contributed by atoms with Gasteiger partial charge in [-0.2, -0.15) is 0 Å². The number of benzene rings is 1. The van der Waals surface area contributed by atoms with E-state index in [9.17, 15) is 18.0 Å². The highest BCUT2D eigenvalue weighted by atomic mass is 19.3. The van der Waals surface area contributed by atoms with Gasteiger partial charge in [0.2, 0.25) is 0 Å². The SMILES string of the molecule is CC(C)N(C)CC(F)F.CC1CC2(C1)CN(c1ncnnc1Oc1ccc(F)cc1C=O)C2. The van der Waals surface area contributed by atoms with Crippen LogP contribution in [0.25, 0.3) is 0 Å². The van der Waals surface area contributed by atoms with Crippen LogP contribution in [-0.4, -0.2) is 65.5 Å². The summed E-state index contributed by atoms with van der Waals surface area (Å²) >= 11 is 0. The first-order chi connectivity index (χ1) is 15.6. The maximum Gasteiger partial charge on any atom is 0.282 e. The molecule has 2 heterocycles. The summed E-state index contributed by atoms with van der Waals surface area (Å²) in [6.07, 6.45) is 2.20. The number of ether oxygens (including phenoxy) is 1. The first-order valence-electron chi connectivity index (χ1n) is 11.0. The maximum atomic E-state index is 13.2. The first-order valence-corrected chi connectivity index (χ1v) is 11.0. The molecule has 0 bridgehead atoms. The molecule has 1 aromatic carbocycles. The van der Waals surface area contributed by atoms with Gasteiger partial charge in [-0.3, -0.25) is 9.69 Å². The quantitative estimate of drug-likeness (QED) is 0.560. The highest BCUT2D eigenvalue weighted by molar-refractivity contribution is 5.79. The van der Waals surface area contributed by atoms with Crippen LogP contribution in [-0.2, 0) is 0 Å². The van der Waals surface area contributed by atoms with Crippen LogP contribution in [0.1, 0.15) is 44.0 Å². The molecular weight excluding hydrogens is 435 g/mol. The van der Waals surface area contributed by atoms with Crippen molar-refractivity contribution in [3.63, 3.8) is 0 Å². The fourth-order valence-electron chi connectivity index (χ4n) is 4.37. The average molecular weight is 466 g/mol. The van der Waals surface area contributed by atoms with Crippen molar-refractivity contribution in [2.75, 3.05) is 31.6 Å². The monoisotopic (exact) mass is 465 g/mol. The van der Waals surface area contributed by atoms with Crippen molar-refractivity contribution in [3.05, 3.63) is 35.9 Å². The van der Waals surface area contributed by atoms with Gasteiger partial charge in [-0.25, -0.2) is 18.2 Å². The molecule has 180 valence electrons. The van der Waals surface area contributed by atoms with Crippen LogP contribution < -0.4 is 9.64 Å². The fourth-order valence-corrected chi connectivity index (χ4v) is 4.37. The molecule has 0 unspecified atom stereocenters. The van der Waals surface area contributed by atoms with Crippen molar-refractivity contribution in [3.8, 4) is 11.6 Å². The van der Waals surface area contributed by atoms with E-state index in [0.717, 1.165) is 25.1 Å². The van der Waals surface area contributed by atoms with Gasteiger partial charge in [0.25, 0.3) is 12.3 Å². The van der Waals surface area contributed by atoms with Crippen molar-refractivity contribution in [1.82, 2.24) is 20.1 Å². The second-order valence-corrected chi connectivity index (χ2v) is 9.28. The summed E-state index contributed by atoms with van der Waals surface area (Å²) in [6, 6.07) is 3.97. The standard InChI is InChI=1S/C17H17FN4O2.C6H13F2N/c1-11-5-17(6-11)8-22(9-17)15-16(21-20-10-19-15)24-14-3-2-13(18)4-12(14)7-23;1-5(2)9(3)4-6(7)8/h2-4,7,10-11H,5-6,8-9H2,1H3;5-6H,4H2,1-3H3. The van der Waals surface area contributed by atoms with Gasteiger partial charge >= 0.3 is 0 Å². The predicted octanol–water partition coefficient (Wildman–Crippen LogP) is 4.44. The minimum absolute atomic E-state index is 0.125. The summed E-state index contributed by atoms with van der Waals surface area (Å²) < 4.78 is 42.2. The zero-order chi connectivity index (χ0) is 24.2. The summed E-state index contributed by atoms with van der Waals surface area (Å²) in [5, 5.41) is 7.76. The van der Waals surface area contributed by atoms with E-state index in [1.165, 1.54) is 31.3 Å². The third kappa shape index (κ3) is 6.19. The average Bonchev–Trinajstić information content (AvgIpc) is 2.71. The third-order valence-electron chi connectivity index (χ3n) is 6.10. The molecule has 2 aliphatic rings. The maximum absolute atomic E-state index is 13.2. The molecule has 4 rings (SSSR count). The largest absolute Gasteiger partial charge is 0.434 e. The molecule has 1 aliphatic carbocycles. The van der Waals surface area contributed by atoms with Crippen molar-refractivity contribution < 1.29 is 22.7 Å². The van der Waals surface area contributed by atoms with Gasteiger partial charge in [-0.15, -0.1) is 10.2 Å². The van der Waals surface area contributed by atoms with Crippen LogP contribution >= 0.6 is 0 Å². The van der Waals surface area contributed by atoms with Gasteiger partial charge < -0.3 is 9.64 Å². The number of aldehydes is 1. The van der Waals surface area contributed by atoms with Crippen molar-refractivity contribution in [1.29, 1.82) is 0 Å². The number of aromatic nitrogens is 3. The topological polar surface area (TPSA) is 71.5 Å². The van der Waals surface area contributed by atoms with Crippen molar-refractivity contribution in [2.45, 2.75) is 46.1 Å². The van der Waals surface area contributed by atoms with Gasteiger partial charge in [0.05, 0.1) is 12.1 Å². The smallest absolute Gasteiger partial charge is 0.282 e. The Labute approximate surface area is 192 Å². The predicted molar refractivity (Wildman–Crippen MR) is 119 cm³/mol.